The molecule has 6 heteroatoms. The van der Waals surface area contributed by atoms with Crippen LogP contribution in [-0.2, 0) is 16.0 Å². The van der Waals surface area contributed by atoms with E-state index in [9.17, 15) is 13.9 Å². The van der Waals surface area contributed by atoms with Crippen molar-refractivity contribution < 1.29 is 23.4 Å². The largest absolute Gasteiger partial charge is 0.389 e. The highest BCUT2D eigenvalue weighted by Gasteiger charge is 2.14. The Kier molecular flexibility index (Phi) is 8.63. The van der Waals surface area contributed by atoms with Gasteiger partial charge < -0.3 is 14.6 Å². The first-order chi connectivity index (χ1) is 10.6. The highest BCUT2D eigenvalue weighted by molar-refractivity contribution is 5.18. The lowest BCUT2D eigenvalue weighted by Crippen LogP contribution is -2.36. The van der Waals surface area contributed by atoms with Crippen molar-refractivity contribution in [1.29, 1.82) is 0 Å². The topological polar surface area (TPSA) is 41.9 Å². The molecule has 0 aliphatic carbocycles. The highest BCUT2D eigenvalue weighted by Crippen LogP contribution is 2.12. The van der Waals surface area contributed by atoms with Crippen LogP contribution in [0.5, 0.6) is 0 Å². The zero-order valence-corrected chi connectivity index (χ0v) is 12.6. The van der Waals surface area contributed by atoms with Gasteiger partial charge in [-0.15, -0.1) is 6.42 Å². The van der Waals surface area contributed by atoms with Gasteiger partial charge in [0.1, 0.15) is 18.2 Å². The van der Waals surface area contributed by atoms with Gasteiger partial charge in [0.05, 0.1) is 19.3 Å². The fourth-order valence-electron chi connectivity index (χ4n) is 1.95. The van der Waals surface area contributed by atoms with Crippen molar-refractivity contribution in [3.05, 3.63) is 35.4 Å². The van der Waals surface area contributed by atoms with Crippen LogP contribution in [-0.4, -0.2) is 56.1 Å². The van der Waals surface area contributed by atoms with Gasteiger partial charge in [0.15, 0.2) is 0 Å². The molecule has 0 bridgehead atoms. The first kappa shape index (κ1) is 18.5. The summed E-state index contributed by atoms with van der Waals surface area (Å²) in [7, 11) is 1.56. The van der Waals surface area contributed by atoms with E-state index in [1.54, 1.807) is 7.11 Å². The Morgan fingerprint density at radius 3 is 2.82 bits per heavy atom. The molecule has 0 aliphatic heterocycles. The molecule has 0 radical (unpaired) electrons. The highest BCUT2D eigenvalue weighted by atomic mass is 19.1. The van der Waals surface area contributed by atoms with Gasteiger partial charge in [-0.25, -0.2) is 8.78 Å². The molecule has 0 saturated carbocycles. The Hall–Kier alpha value is -1.52. The molecule has 0 fully saturated rings. The van der Waals surface area contributed by atoms with E-state index in [1.165, 1.54) is 12.1 Å². The molecule has 4 nitrogen and oxygen atoms in total. The standard InChI is InChI=1S/C16H21F2NO3/c1-3-7-22-12-15(20)11-19(6-8-21-2)10-13-4-5-14(17)9-16(13)18/h1,4-5,9,15,20H,6-8,10-12H2,2H3. The number of ether oxygens (including phenoxy) is 2. The predicted octanol–water partition coefficient (Wildman–Crippen LogP) is 1.42. The van der Waals surface area contributed by atoms with Crippen molar-refractivity contribution in [2.45, 2.75) is 12.6 Å². The fourth-order valence-corrected chi connectivity index (χ4v) is 1.95. The SMILES string of the molecule is C#CCOCC(O)CN(CCOC)Cc1ccc(F)cc1F. The molecule has 1 aromatic rings. The quantitative estimate of drug-likeness (QED) is 0.524. The summed E-state index contributed by atoms with van der Waals surface area (Å²) in [5.74, 6) is 1.08. The van der Waals surface area contributed by atoms with E-state index < -0.39 is 17.7 Å². The molecule has 1 unspecified atom stereocenters. The van der Waals surface area contributed by atoms with Crippen LogP contribution >= 0.6 is 0 Å². The Bertz CT molecular complexity index is 491. The number of methoxy groups -OCH3 is 1. The molecule has 0 aromatic heterocycles. The van der Waals surface area contributed by atoms with Crippen LogP contribution in [0.25, 0.3) is 0 Å². The summed E-state index contributed by atoms with van der Waals surface area (Å²) >= 11 is 0. The molecule has 22 heavy (non-hydrogen) atoms. The van der Waals surface area contributed by atoms with Gasteiger partial charge in [-0.05, 0) is 6.07 Å². The first-order valence-electron chi connectivity index (χ1n) is 6.91. The summed E-state index contributed by atoms with van der Waals surface area (Å²) < 4.78 is 36.7. The molecular formula is C16H21F2NO3. The fraction of sp³-hybridized carbons (Fsp3) is 0.500. The van der Waals surface area contributed by atoms with E-state index in [0.717, 1.165) is 6.07 Å². The van der Waals surface area contributed by atoms with E-state index in [1.807, 2.05) is 4.90 Å². The maximum atomic E-state index is 13.7. The Balaban J connectivity index is 2.61. The Labute approximate surface area is 129 Å². The number of benzene rings is 1. The third kappa shape index (κ3) is 6.96. The summed E-state index contributed by atoms with van der Waals surface area (Å²) in [5, 5.41) is 9.91. The van der Waals surface area contributed by atoms with Gasteiger partial charge in [0.25, 0.3) is 0 Å². The van der Waals surface area contributed by atoms with Crippen molar-refractivity contribution in [3.8, 4) is 12.3 Å². The minimum Gasteiger partial charge on any atom is -0.389 e. The Morgan fingerprint density at radius 2 is 2.18 bits per heavy atom. The lowest BCUT2D eigenvalue weighted by Gasteiger charge is -2.25. The van der Waals surface area contributed by atoms with Crippen LogP contribution in [0.1, 0.15) is 5.56 Å². The summed E-state index contributed by atoms with van der Waals surface area (Å²) in [6, 6.07) is 3.45. The molecule has 1 rings (SSSR count). The summed E-state index contributed by atoms with van der Waals surface area (Å²) in [4.78, 5) is 1.81. The van der Waals surface area contributed by atoms with E-state index in [4.69, 9.17) is 15.9 Å². The van der Waals surface area contributed by atoms with Crippen LogP contribution < -0.4 is 0 Å². The lowest BCUT2D eigenvalue weighted by atomic mass is 10.2. The van der Waals surface area contributed by atoms with Gasteiger partial charge in [-0.2, -0.15) is 0 Å². The molecule has 122 valence electrons. The zero-order chi connectivity index (χ0) is 16.4. The van der Waals surface area contributed by atoms with E-state index in [0.29, 0.717) is 18.7 Å². The molecular weight excluding hydrogens is 292 g/mol. The average Bonchev–Trinajstić information content (AvgIpc) is 2.47. The van der Waals surface area contributed by atoms with Crippen LogP contribution in [0.15, 0.2) is 18.2 Å². The van der Waals surface area contributed by atoms with Crippen molar-refractivity contribution in [1.82, 2.24) is 4.90 Å². The van der Waals surface area contributed by atoms with Gasteiger partial charge >= 0.3 is 0 Å². The smallest absolute Gasteiger partial charge is 0.130 e. The van der Waals surface area contributed by atoms with Gasteiger partial charge in [-0.3, -0.25) is 4.90 Å². The van der Waals surface area contributed by atoms with Gasteiger partial charge in [0, 0.05) is 38.4 Å². The zero-order valence-electron chi connectivity index (χ0n) is 12.6. The van der Waals surface area contributed by atoms with Crippen LogP contribution in [0, 0.1) is 24.0 Å². The lowest BCUT2D eigenvalue weighted by molar-refractivity contribution is 0.0205. The van der Waals surface area contributed by atoms with Gasteiger partial charge in [-0.1, -0.05) is 12.0 Å². The summed E-state index contributed by atoms with van der Waals surface area (Å²) in [6.07, 6.45) is 4.30. The molecule has 1 atom stereocenters. The molecule has 1 aromatic carbocycles. The summed E-state index contributed by atoms with van der Waals surface area (Å²) in [6.45, 7) is 1.66. The third-order valence-corrected chi connectivity index (χ3v) is 2.99. The van der Waals surface area contributed by atoms with Crippen molar-refractivity contribution in [2.24, 2.45) is 0 Å². The molecule has 0 aliphatic rings. The van der Waals surface area contributed by atoms with Crippen LogP contribution in [0.2, 0.25) is 0 Å². The van der Waals surface area contributed by atoms with Crippen molar-refractivity contribution in [2.75, 3.05) is 40.0 Å². The number of rotatable bonds is 10. The average molecular weight is 313 g/mol. The second-order valence-electron chi connectivity index (χ2n) is 4.84. The maximum absolute atomic E-state index is 13.7. The van der Waals surface area contributed by atoms with E-state index in [-0.39, 0.29) is 26.3 Å². The number of aliphatic hydroxyl groups is 1. The number of nitrogens with zero attached hydrogens (tertiary/aromatic N) is 1. The second-order valence-corrected chi connectivity index (χ2v) is 4.84. The molecule has 0 saturated heterocycles. The van der Waals surface area contributed by atoms with E-state index in [2.05, 4.69) is 5.92 Å². The van der Waals surface area contributed by atoms with Crippen molar-refractivity contribution >= 4 is 0 Å². The third-order valence-electron chi connectivity index (χ3n) is 2.99. The monoisotopic (exact) mass is 313 g/mol. The number of aliphatic hydroxyl groups excluding tert-OH is 1. The van der Waals surface area contributed by atoms with Crippen molar-refractivity contribution in [3.63, 3.8) is 0 Å². The molecule has 0 heterocycles. The second kappa shape index (κ2) is 10.2. The van der Waals surface area contributed by atoms with Gasteiger partial charge in [0.2, 0.25) is 0 Å². The van der Waals surface area contributed by atoms with Crippen LogP contribution in [0.3, 0.4) is 0 Å². The van der Waals surface area contributed by atoms with Crippen LogP contribution in [0.4, 0.5) is 8.78 Å². The number of hydrogen-bond acceptors (Lipinski definition) is 4. The number of hydrogen-bond donors (Lipinski definition) is 1. The summed E-state index contributed by atoms with van der Waals surface area (Å²) in [5.41, 5.74) is 0.356. The number of terminal acetylenes is 1. The Morgan fingerprint density at radius 1 is 1.41 bits per heavy atom. The molecule has 0 spiro atoms. The first-order valence-corrected chi connectivity index (χ1v) is 6.91. The number of halogens is 2. The molecule has 0 amide bonds. The molecule has 1 N–H and O–H groups in total. The van der Waals surface area contributed by atoms with E-state index >= 15 is 0 Å². The normalized spacial score (nSPS) is 12.4. The predicted molar refractivity (Wildman–Crippen MR) is 79.2 cm³/mol. The maximum Gasteiger partial charge on any atom is 0.130 e. The minimum atomic E-state index is -0.756. The minimum absolute atomic E-state index is 0.0968.